The molecule has 4 rings (SSSR count). The van der Waals surface area contributed by atoms with Gasteiger partial charge >= 0.3 is 0 Å². The average molecular weight is 742 g/mol. The molecule has 11 nitrogen and oxygen atoms in total. The third kappa shape index (κ3) is 9.12. The number of nitro benzene ring substituents is 1. The van der Waals surface area contributed by atoms with Crippen LogP contribution in [0.15, 0.2) is 95.9 Å². The SMILES string of the molecule is CC[C@H](C)NC(=O)[C@H](Cc1ccccc1)N(Cc1c(Cl)cccc1Cl)C(=O)CN(c1ccc(OC)cc1)S(=O)(=O)c1ccc(C)c([N+](=O)[O-])c1. The standard InChI is InChI=1S/C36H38Cl2N4O7S/c1-5-25(3)39-36(44)34(20-26-10-7-6-8-11-26)40(22-30-31(37)12-9-13-32(30)38)35(43)23-41(27-15-17-28(49-4)18-16-27)50(47,48)29-19-14-24(2)33(21-29)42(45)46/h6-19,21,25,34H,5,20,22-23H2,1-4H3,(H,39,44)/t25-,34-/m0/s1. The lowest BCUT2D eigenvalue weighted by atomic mass is 10.0. The third-order valence-electron chi connectivity index (χ3n) is 8.27. The lowest BCUT2D eigenvalue weighted by Crippen LogP contribution is -2.54. The van der Waals surface area contributed by atoms with Crippen molar-refractivity contribution in [3.8, 4) is 5.75 Å². The van der Waals surface area contributed by atoms with Crippen molar-refractivity contribution in [1.29, 1.82) is 0 Å². The van der Waals surface area contributed by atoms with E-state index < -0.39 is 49.9 Å². The number of carbonyl (C=O) groups excluding carboxylic acids is 2. The Morgan fingerprint density at radius 3 is 2.18 bits per heavy atom. The van der Waals surface area contributed by atoms with Crippen LogP contribution in [0.4, 0.5) is 11.4 Å². The second-order valence-corrected chi connectivity index (χ2v) is 14.3. The molecule has 2 atom stereocenters. The maximum absolute atomic E-state index is 14.7. The van der Waals surface area contributed by atoms with Gasteiger partial charge in [0.05, 0.1) is 22.6 Å². The van der Waals surface area contributed by atoms with Crippen molar-refractivity contribution in [2.24, 2.45) is 0 Å². The van der Waals surface area contributed by atoms with Gasteiger partial charge in [0.25, 0.3) is 15.7 Å². The fourth-order valence-corrected chi connectivity index (χ4v) is 7.15. The van der Waals surface area contributed by atoms with Gasteiger partial charge in [-0.05, 0) is 68.3 Å². The number of ether oxygens (including phenoxy) is 1. The molecule has 0 spiro atoms. The summed E-state index contributed by atoms with van der Waals surface area (Å²) < 4.78 is 34.8. The zero-order valence-corrected chi connectivity index (χ0v) is 30.3. The Morgan fingerprint density at radius 1 is 0.960 bits per heavy atom. The van der Waals surface area contributed by atoms with Crippen molar-refractivity contribution in [3.05, 3.63) is 128 Å². The van der Waals surface area contributed by atoms with E-state index in [4.69, 9.17) is 27.9 Å². The molecule has 0 aliphatic heterocycles. The molecule has 0 radical (unpaired) electrons. The van der Waals surface area contributed by atoms with Crippen molar-refractivity contribution in [1.82, 2.24) is 10.2 Å². The number of hydrogen-bond donors (Lipinski definition) is 1. The normalized spacial score (nSPS) is 12.4. The van der Waals surface area contributed by atoms with Crippen LogP contribution >= 0.6 is 23.2 Å². The molecule has 0 saturated heterocycles. The Balaban J connectivity index is 1.88. The first kappa shape index (κ1) is 38.2. The number of aryl methyl sites for hydroxylation is 1. The van der Waals surface area contributed by atoms with E-state index >= 15 is 0 Å². The van der Waals surface area contributed by atoms with Gasteiger partial charge in [-0.1, -0.05) is 72.6 Å². The molecule has 2 amide bonds. The molecule has 0 aliphatic carbocycles. The summed E-state index contributed by atoms with van der Waals surface area (Å²) in [7, 11) is -3.15. The molecule has 0 unspecified atom stereocenters. The highest BCUT2D eigenvalue weighted by molar-refractivity contribution is 7.92. The van der Waals surface area contributed by atoms with Crippen LogP contribution in [0.1, 0.15) is 37.0 Å². The number of amides is 2. The van der Waals surface area contributed by atoms with Crippen LogP contribution in [-0.4, -0.2) is 55.8 Å². The van der Waals surface area contributed by atoms with Crippen LogP contribution in [0.3, 0.4) is 0 Å². The Labute approximate surface area is 302 Å². The number of carbonyl (C=O) groups is 2. The molecular formula is C36H38Cl2N4O7S. The molecule has 0 fully saturated rings. The molecule has 0 aromatic heterocycles. The first-order valence-electron chi connectivity index (χ1n) is 15.7. The number of methoxy groups -OCH3 is 1. The molecule has 0 bridgehead atoms. The molecular weight excluding hydrogens is 703 g/mol. The van der Waals surface area contributed by atoms with Gasteiger partial charge in [0.1, 0.15) is 18.3 Å². The third-order valence-corrected chi connectivity index (χ3v) is 10.7. The number of sulfonamides is 1. The Morgan fingerprint density at radius 2 is 1.60 bits per heavy atom. The lowest BCUT2D eigenvalue weighted by molar-refractivity contribution is -0.385. The number of nitro groups is 1. The first-order chi connectivity index (χ1) is 23.8. The van der Waals surface area contributed by atoms with E-state index in [1.807, 2.05) is 44.2 Å². The van der Waals surface area contributed by atoms with Gasteiger partial charge in [-0.25, -0.2) is 8.42 Å². The summed E-state index contributed by atoms with van der Waals surface area (Å²) in [5.74, 6) is -0.766. The highest BCUT2D eigenvalue weighted by Crippen LogP contribution is 2.31. The fourth-order valence-electron chi connectivity index (χ4n) is 5.20. The van der Waals surface area contributed by atoms with Crippen molar-refractivity contribution >= 4 is 56.4 Å². The van der Waals surface area contributed by atoms with Crippen LogP contribution in [0.25, 0.3) is 0 Å². The Kier molecular flexibility index (Phi) is 12.9. The maximum atomic E-state index is 14.7. The molecule has 0 aliphatic rings. The molecule has 0 saturated carbocycles. The topological polar surface area (TPSA) is 139 Å². The summed E-state index contributed by atoms with van der Waals surface area (Å²) in [6, 6.07) is 22.1. The number of nitrogens with zero attached hydrogens (tertiary/aromatic N) is 3. The second kappa shape index (κ2) is 16.8. The summed E-state index contributed by atoms with van der Waals surface area (Å²) in [5, 5.41) is 15.2. The van der Waals surface area contributed by atoms with E-state index in [0.29, 0.717) is 17.7 Å². The molecule has 1 N–H and O–H groups in total. The van der Waals surface area contributed by atoms with Crippen LogP contribution in [-0.2, 0) is 32.6 Å². The van der Waals surface area contributed by atoms with Gasteiger partial charge in [0, 0.05) is 46.2 Å². The van der Waals surface area contributed by atoms with Crippen molar-refractivity contribution < 1.29 is 27.7 Å². The minimum atomic E-state index is -4.60. The number of halogens is 2. The summed E-state index contributed by atoms with van der Waals surface area (Å²) in [6.07, 6.45) is 0.719. The first-order valence-corrected chi connectivity index (χ1v) is 17.9. The van der Waals surface area contributed by atoms with E-state index in [9.17, 15) is 28.1 Å². The average Bonchev–Trinajstić information content (AvgIpc) is 3.10. The highest BCUT2D eigenvalue weighted by Gasteiger charge is 2.36. The fraction of sp³-hybridized carbons (Fsp3) is 0.278. The van der Waals surface area contributed by atoms with Gasteiger partial charge in [0.2, 0.25) is 11.8 Å². The number of hydrogen-bond acceptors (Lipinski definition) is 7. The molecule has 14 heteroatoms. The number of benzene rings is 4. The summed E-state index contributed by atoms with van der Waals surface area (Å²) in [6.45, 7) is 4.24. The Hall–Kier alpha value is -4.65. The van der Waals surface area contributed by atoms with Crippen LogP contribution in [0.2, 0.25) is 10.0 Å². The van der Waals surface area contributed by atoms with Crippen LogP contribution in [0.5, 0.6) is 5.75 Å². The van der Waals surface area contributed by atoms with Crippen LogP contribution < -0.4 is 14.4 Å². The van der Waals surface area contributed by atoms with E-state index in [2.05, 4.69) is 5.32 Å². The molecule has 4 aromatic rings. The number of rotatable bonds is 15. The van der Waals surface area contributed by atoms with Gasteiger partial charge in [-0.3, -0.25) is 24.0 Å². The largest absolute Gasteiger partial charge is 0.497 e. The maximum Gasteiger partial charge on any atom is 0.273 e. The van der Waals surface area contributed by atoms with E-state index in [1.54, 1.807) is 18.2 Å². The summed E-state index contributed by atoms with van der Waals surface area (Å²) >= 11 is 13.1. The number of nitrogens with one attached hydrogen (secondary N) is 1. The van der Waals surface area contributed by atoms with E-state index in [1.165, 1.54) is 55.3 Å². The minimum absolute atomic E-state index is 0.0850. The van der Waals surface area contributed by atoms with E-state index in [0.717, 1.165) is 15.9 Å². The van der Waals surface area contributed by atoms with Crippen molar-refractivity contribution in [2.45, 2.75) is 57.1 Å². The Bertz CT molecular complexity index is 1920. The molecule has 50 heavy (non-hydrogen) atoms. The zero-order valence-electron chi connectivity index (χ0n) is 28.0. The van der Waals surface area contributed by atoms with Crippen LogP contribution in [0, 0.1) is 17.0 Å². The number of anilines is 1. The molecule has 264 valence electrons. The smallest absolute Gasteiger partial charge is 0.273 e. The predicted molar refractivity (Wildman–Crippen MR) is 194 cm³/mol. The minimum Gasteiger partial charge on any atom is -0.497 e. The van der Waals surface area contributed by atoms with Gasteiger partial charge < -0.3 is 15.0 Å². The monoisotopic (exact) mass is 740 g/mol. The van der Waals surface area contributed by atoms with Crippen molar-refractivity contribution in [3.63, 3.8) is 0 Å². The van der Waals surface area contributed by atoms with Gasteiger partial charge in [-0.2, -0.15) is 0 Å². The highest BCUT2D eigenvalue weighted by atomic mass is 35.5. The van der Waals surface area contributed by atoms with Gasteiger partial charge in [-0.15, -0.1) is 0 Å². The van der Waals surface area contributed by atoms with E-state index in [-0.39, 0.29) is 40.3 Å². The second-order valence-electron chi connectivity index (χ2n) is 11.7. The predicted octanol–water partition coefficient (Wildman–Crippen LogP) is 6.97. The van der Waals surface area contributed by atoms with Gasteiger partial charge in [0.15, 0.2) is 0 Å². The molecule has 4 aromatic carbocycles. The zero-order chi connectivity index (χ0) is 36.6. The quantitative estimate of drug-likeness (QED) is 0.103. The summed E-state index contributed by atoms with van der Waals surface area (Å²) in [5.41, 5.74) is 1.08. The lowest BCUT2D eigenvalue weighted by Gasteiger charge is -2.34. The molecule has 0 heterocycles. The van der Waals surface area contributed by atoms with Crippen molar-refractivity contribution in [2.75, 3.05) is 18.0 Å². The summed E-state index contributed by atoms with van der Waals surface area (Å²) in [4.78, 5) is 40.7.